The molecule has 0 spiro atoms. The predicted octanol–water partition coefficient (Wildman–Crippen LogP) is 4.16. The first-order chi connectivity index (χ1) is 13.6. The molecule has 0 aliphatic carbocycles. The summed E-state index contributed by atoms with van der Waals surface area (Å²) < 4.78 is 21.0. The number of carbonyl (C=O) groups excluding carboxylic acids is 1. The van der Waals surface area contributed by atoms with Gasteiger partial charge in [-0.05, 0) is 42.5 Å². The fourth-order valence-electron chi connectivity index (χ4n) is 2.32. The second kappa shape index (κ2) is 9.05. The lowest BCUT2D eigenvalue weighted by Crippen LogP contribution is -2.01. The van der Waals surface area contributed by atoms with Gasteiger partial charge in [-0.25, -0.2) is 4.79 Å². The topological polar surface area (TPSA) is 83.7 Å². The number of carbonyl (C=O) groups is 1. The van der Waals surface area contributed by atoms with Gasteiger partial charge in [0.25, 0.3) is 5.89 Å². The maximum atomic E-state index is 11.9. The quantitative estimate of drug-likeness (QED) is 0.434. The number of halogens is 1. The van der Waals surface area contributed by atoms with Crippen molar-refractivity contribution in [2.45, 2.75) is 6.61 Å². The number of rotatable bonds is 7. The van der Waals surface area contributed by atoms with E-state index in [1.165, 1.54) is 13.2 Å². The minimum Gasteiger partial charge on any atom is -0.497 e. The second-order valence-corrected chi connectivity index (χ2v) is 5.99. The lowest BCUT2D eigenvalue weighted by atomic mass is 10.2. The van der Waals surface area contributed by atoms with Crippen LogP contribution in [0.2, 0.25) is 5.02 Å². The first kappa shape index (κ1) is 19.4. The van der Waals surface area contributed by atoms with Crippen LogP contribution in [0.5, 0.6) is 11.5 Å². The molecule has 0 saturated heterocycles. The van der Waals surface area contributed by atoms with Crippen molar-refractivity contribution in [2.75, 3.05) is 14.2 Å². The van der Waals surface area contributed by atoms with Crippen molar-refractivity contribution >= 4 is 23.6 Å². The molecule has 0 atom stereocenters. The summed E-state index contributed by atoms with van der Waals surface area (Å²) in [5, 5.41) is 8.40. The van der Waals surface area contributed by atoms with Crippen LogP contribution in [0, 0.1) is 0 Å². The van der Waals surface area contributed by atoms with Crippen molar-refractivity contribution in [1.82, 2.24) is 10.2 Å². The Morgan fingerprint density at radius 2 is 1.89 bits per heavy atom. The van der Waals surface area contributed by atoms with E-state index in [0.29, 0.717) is 28.0 Å². The molecule has 0 N–H and O–H groups in total. The highest BCUT2D eigenvalue weighted by Gasteiger charge is 2.10. The Morgan fingerprint density at radius 1 is 1.11 bits per heavy atom. The zero-order chi connectivity index (χ0) is 19.9. The standard InChI is InChI=1S/C20H17ClN2O5/c1-25-16-9-5-13(17(11-16)26-2)6-10-19(24)27-12-18-22-23-20(28-18)14-3-7-15(21)8-4-14/h3-11H,12H2,1-2H3/b10-6+. The van der Waals surface area contributed by atoms with Crippen LogP contribution in [-0.4, -0.2) is 30.4 Å². The lowest BCUT2D eigenvalue weighted by Gasteiger charge is -2.07. The highest BCUT2D eigenvalue weighted by molar-refractivity contribution is 6.30. The first-order valence-corrected chi connectivity index (χ1v) is 8.62. The number of aromatic nitrogens is 2. The van der Waals surface area contributed by atoms with Crippen LogP contribution in [0.15, 0.2) is 53.0 Å². The van der Waals surface area contributed by atoms with Gasteiger partial charge in [-0.2, -0.15) is 0 Å². The third-order valence-electron chi connectivity index (χ3n) is 3.74. The molecule has 1 aromatic heterocycles. The van der Waals surface area contributed by atoms with E-state index >= 15 is 0 Å². The SMILES string of the molecule is COc1ccc(/C=C/C(=O)OCc2nnc(-c3ccc(Cl)cc3)o2)c(OC)c1. The summed E-state index contributed by atoms with van der Waals surface area (Å²) in [4.78, 5) is 11.9. The Bertz CT molecular complexity index is 983. The summed E-state index contributed by atoms with van der Waals surface area (Å²) in [5.74, 6) is 1.19. The van der Waals surface area contributed by atoms with E-state index in [1.54, 1.807) is 55.7 Å². The number of ether oxygens (including phenoxy) is 3. The van der Waals surface area contributed by atoms with E-state index in [-0.39, 0.29) is 12.5 Å². The average Bonchev–Trinajstić information content (AvgIpc) is 3.20. The summed E-state index contributed by atoms with van der Waals surface area (Å²) in [7, 11) is 3.11. The van der Waals surface area contributed by atoms with Crippen LogP contribution in [0.25, 0.3) is 17.5 Å². The number of benzene rings is 2. The Labute approximate surface area is 166 Å². The van der Waals surface area contributed by atoms with Crippen molar-refractivity contribution in [3.8, 4) is 23.0 Å². The van der Waals surface area contributed by atoms with Crippen molar-refractivity contribution in [3.63, 3.8) is 0 Å². The van der Waals surface area contributed by atoms with Gasteiger partial charge in [-0.1, -0.05) is 11.6 Å². The van der Waals surface area contributed by atoms with Crippen LogP contribution in [0.4, 0.5) is 0 Å². The van der Waals surface area contributed by atoms with Gasteiger partial charge in [0.1, 0.15) is 11.5 Å². The van der Waals surface area contributed by atoms with Crippen molar-refractivity contribution < 1.29 is 23.4 Å². The summed E-state index contributed by atoms with van der Waals surface area (Å²) in [6.45, 7) is -0.135. The second-order valence-electron chi connectivity index (χ2n) is 5.56. The van der Waals surface area contributed by atoms with E-state index in [1.807, 2.05) is 0 Å². The van der Waals surface area contributed by atoms with E-state index in [4.69, 9.17) is 30.2 Å². The number of nitrogens with zero attached hydrogens (tertiary/aromatic N) is 2. The van der Waals surface area contributed by atoms with Crippen molar-refractivity contribution in [1.29, 1.82) is 0 Å². The summed E-state index contributed by atoms with van der Waals surface area (Å²) in [6, 6.07) is 12.2. The maximum Gasteiger partial charge on any atom is 0.331 e. The average molecular weight is 401 g/mol. The zero-order valence-corrected chi connectivity index (χ0v) is 16.0. The normalized spacial score (nSPS) is 10.8. The summed E-state index contributed by atoms with van der Waals surface area (Å²) >= 11 is 5.85. The van der Waals surface area contributed by atoms with Crippen molar-refractivity contribution in [3.05, 3.63) is 65.0 Å². The molecule has 28 heavy (non-hydrogen) atoms. The molecule has 0 amide bonds. The summed E-state index contributed by atoms with van der Waals surface area (Å²) in [6.07, 6.45) is 2.88. The van der Waals surface area contributed by atoms with Gasteiger partial charge in [0.2, 0.25) is 5.89 Å². The van der Waals surface area contributed by atoms with Crippen LogP contribution in [-0.2, 0) is 16.1 Å². The first-order valence-electron chi connectivity index (χ1n) is 8.24. The maximum absolute atomic E-state index is 11.9. The molecule has 0 fully saturated rings. The molecule has 3 aromatic rings. The molecule has 0 radical (unpaired) electrons. The molecule has 1 heterocycles. The van der Waals surface area contributed by atoms with E-state index < -0.39 is 5.97 Å². The van der Waals surface area contributed by atoms with E-state index in [9.17, 15) is 4.79 Å². The molecule has 0 aliphatic heterocycles. The molecule has 7 nitrogen and oxygen atoms in total. The number of methoxy groups -OCH3 is 2. The Balaban J connectivity index is 1.59. The highest BCUT2D eigenvalue weighted by Crippen LogP contribution is 2.25. The molecule has 0 bridgehead atoms. The van der Waals surface area contributed by atoms with Crippen LogP contribution in [0.3, 0.4) is 0 Å². The third kappa shape index (κ3) is 4.89. The fraction of sp³-hybridized carbons (Fsp3) is 0.150. The van der Waals surface area contributed by atoms with E-state index in [2.05, 4.69) is 10.2 Å². The number of esters is 1. The third-order valence-corrected chi connectivity index (χ3v) is 3.99. The number of hydrogen-bond acceptors (Lipinski definition) is 7. The fourth-order valence-corrected chi connectivity index (χ4v) is 2.44. The molecule has 3 rings (SSSR count). The van der Waals surface area contributed by atoms with Crippen LogP contribution >= 0.6 is 11.6 Å². The molecular formula is C20H17ClN2O5. The van der Waals surface area contributed by atoms with Gasteiger partial charge in [0, 0.05) is 28.3 Å². The van der Waals surface area contributed by atoms with Crippen LogP contribution in [0.1, 0.15) is 11.5 Å². The van der Waals surface area contributed by atoms with Gasteiger partial charge in [0.15, 0.2) is 6.61 Å². The smallest absolute Gasteiger partial charge is 0.331 e. The lowest BCUT2D eigenvalue weighted by molar-refractivity contribution is -0.139. The minimum absolute atomic E-state index is 0.135. The Kier molecular flexibility index (Phi) is 6.29. The Hall–Kier alpha value is -3.32. The molecule has 8 heteroatoms. The number of hydrogen-bond donors (Lipinski definition) is 0. The largest absolute Gasteiger partial charge is 0.497 e. The zero-order valence-electron chi connectivity index (χ0n) is 15.2. The molecular weight excluding hydrogens is 384 g/mol. The minimum atomic E-state index is -0.552. The van der Waals surface area contributed by atoms with Gasteiger partial charge >= 0.3 is 5.97 Å². The molecule has 144 valence electrons. The monoisotopic (exact) mass is 400 g/mol. The van der Waals surface area contributed by atoms with Gasteiger partial charge in [-0.3, -0.25) is 0 Å². The van der Waals surface area contributed by atoms with Gasteiger partial charge in [0.05, 0.1) is 14.2 Å². The van der Waals surface area contributed by atoms with Crippen molar-refractivity contribution in [2.24, 2.45) is 0 Å². The molecule has 2 aromatic carbocycles. The highest BCUT2D eigenvalue weighted by atomic mass is 35.5. The van der Waals surface area contributed by atoms with E-state index in [0.717, 1.165) is 5.56 Å². The van der Waals surface area contributed by atoms with Crippen LogP contribution < -0.4 is 9.47 Å². The van der Waals surface area contributed by atoms with Gasteiger partial charge in [-0.15, -0.1) is 10.2 Å². The van der Waals surface area contributed by atoms with Gasteiger partial charge < -0.3 is 18.6 Å². The molecule has 0 saturated carbocycles. The Morgan fingerprint density at radius 3 is 2.61 bits per heavy atom. The molecule has 0 aliphatic rings. The predicted molar refractivity (Wildman–Crippen MR) is 103 cm³/mol. The molecule has 0 unspecified atom stereocenters. The summed E-state index contributed by atoms with van der Waals surface area (Å²) in [5.41, 5.74) is 1.43.